The summed E-state index contributed by atoms with van der Waals surface area (Å²) in [7, 11) is -17.4. The Hall–Kier alpha value is -1.22. The number of ether oxygens (including phenoxy) is 6. The van der Waals surface area contributed by atoms with Gasteiger partial charge in [-0.05, 0) is 145 Å². The lowest BCUT2D eigenvalue weighted by Gasteiger charge is -2.43. The SMILES string of the molecule is C=C(C)C(=O)OC(COCCC[Si](O[Si](C)(C)C)(O[Si](C)(C)C)O[Si](C)(C)C)COC(C)=O.C=C(C)C(=O)OCC(COCCC[Si](O[Si](C)(C)C)(O[Si](C)(C)C)O[Si](C)(C)C)OC(C)=O. The summed E-state index contributed by atoms with van der Waals surface area (Å²) in [6, 6.07) is 1.32. The lowest BCUT2D eigenvalue weighted by molar-refractivity contribution is -0.159. The maximum Gasteiger partial charge on any atom is 0.469 e. The van der Waals surface area contributed by atoms with Crippen LogP contribution in [0.4, 0.5) is 0 Å². The Morgan fingerprint density at radius 3 is 0.939 bits per heavy atom. The number of hydrogen-bond donors (Lipinski definition) is 0. The molecule has 0 aromatic heterocycles. The second-order valence-electron chi connectivity index (χ2n) is 22.2. The summed E-state index contributed by atoms with van der Waals surface area (Å²) in [5.41, 5.74) is 0.556. The van der Waals surface area contributed by atoms with Crippen LogP contribution in [0.25, 0.3) is 0 Å². The van der Waals surface area contributed by atoms with E-state index in [0.29, 0.717) is 38.1 Å². The Bertz CT molecular complexity index is 1440. The number of hydrogen-bond acceptors (Lipinski definition) is 16. The molecular weight excluding hydrogens is 985 g/mol. The van der Waals surface area contributed by atoms with Gasteiger partial charge in [0.25, 0.3) is 0 Å². The van der Waals surface area contributed by atoms with E-state index in [1.54, 1.807) is 13.8 Å². The van der Waals surface area contributed by atoms with Crippen LogP contribution in [-0.2, 0) is 72.3 Å². The Morgan fingerprint density at radius 1 is 0.394 bits per heavy atom. The van der Waals surface area contributed by atoms with Gasteiger partial charge in [-0.3, -0.25) is 9.59 Å². The molecule has 24 heteroatoms. The van der Waals surface area contributed by atoms with Crippen molar-refractivity contribution in [2.75, 3.05) is 39.6 Å². The monoisotopic (exact) mass is 1080 g/mol. The van der Waals surface area contributed by atoms with Crippen LogP contribution in [-0.4, -0.2) is 143 Å². The summed E-state index contributed by atoms with van der Waals surface area (Å²) < 4.78 is 72.1. The first-order valence-corrected chi connectivity index (χ1v) is 47.1. The molecule has 0 heterocycles. The molecule has 2 atom stereocenters. The highest BCUT2D eigenvalue weighted by Gasteiger charge is 2.51. The molecule has 0 aromatic rings. The van der Waals surface area contributed by atoms with Gasteiger partial charge >= 0.3 is 41.5 Å². The molecule has 0 saturated heterocycles. The van der Waals surface area contributed by atoms with Crippen LogP contribution in [0, 0.1) is 0 Å². The van der Waals surface area contributed by atoms with Gasteiger partial charge in [0.15, 0.2) is 62.1 Å². The van der Waals surface area contributed by atoms with E-state index >= 15 is 0 Å². The minimum atomic E-state index is -2.91. The number of carbonyl (C=O) groups excluding carboxylic acids is 4. The fourth-order valence-electron chi connectivity index (χ4n) is 5.66. The van der Waals surface area contributed by atoms with Gasteiger partial charge in [0, 0.05) is 50.3 Å². The smallest absolute Gasteiger partial charge is 0.462 e. The van der Waals surface area contributed by atoms with Crippen LogP contribution in [0.15, 0.2) is 24.3 Å². The molecule has 2 unspecified atom stereocenters. The molecule has 0 rings (SSSR count). The molecule has 16 nitrogen and oxygen atoms in total. The molecule has 0 saturated carbocycles. The highest BCUT2D eigenvalue weighted by Crippen LogP contribution is 2.31. The summed E-state index contributed by atoms with van der Waals surface area (Å²) in [6.07, 6.45) is -0.0120. The summed E-state index contributed by atoms with van der Waals surface area (Å²) in [6.45, 7) is 52.6. The third-order valence-corrected chi connectivity index (χ3v) is 31.2. The van der Waals surface area contributed by atoms with Crippen molar-refractivity contribution in [1.82, 2.24) is 0 Å². The fraction of sp³-hybridized carbons (Fsp3) is 0.810. The third kappa shape index (κ3) is 38.6. The molecule has 0 aliphatic carbocycles. The van der Waals surface area contributed by atoms with Gasteiger partial charge < -0.3 is 53.1 Å². The van der Waals surface area contributed by atoms with Crippen molar-refractivity contribution < 1.29 is 72.3 Å². The van der Waals surface area contributed by atoms with E-state index in [0.717, 1.165) is 0 Å². The largest absolute Gasteiger partial charge is 0.469 e. The van der Waals surface area contributed by atoms with E-state index in [9.17, 15) is 19.2 Å². The first-order chi connectivity index (χ1) is 29.5. The van der Waals surface area contributed by atoms with Crippen molar-refractivity contribution in [3.63, 3.8) is 0 Å². The van der Waals surface area contributed by atoms with Crippen molar-refractivity contribution in [3.05, 3.63) is 24.3 Å². The van der Waals surface area contributed by atoms with E-state index in [2.05, 4.69) is 131 Å². The van der Waals surface area contributed by atoms with Crippen molar-refractivity contribution >= 4 is 91.4 Å². The predicted octanol–water partition coefficient (Wildman–Crippen LogP) is 9.87. The molecule has 66 heavy (non-hydrogen) atoms. The third-order valence-electron chi connectivity index (χ3n) is 7.10. The van der Waals surface area contributed by atoms with Crippen LogP contribution < -0.4 is 0 Å². The lowest BCUT2D eigenvalue weighted by atomic mass is 10.3. The number of esters is 4. The van der Waals surface area contributed by atoms with Gasteiger partial charge in [0.05, 0.1) is 13.2 Å². The normalized spacial score (nSPS) is 14.0. The Kier molecular flexibility index (Phi) is 29.6. The van der Waals surface area contributed by atoms with Gasteiger partial charge in [-0.2, -0.15) is 0 Å². The van der Waals surface area contributed by atoms with Gasteiger partial charge in [0.2, 0.25) is 0 Å². The Balaban J connectivity index is 0. The zero-order valence-electron chi connectivity index (χ0n) is 45.2. The first kappa shape index (κ1) is 66.9. The molecule has 0 aliphatic rings. The minimum Gasteiger partial charge on any atom is -0.462 e. The zero-order chi connectivity index (χ0) is 52.2. The van der Waals surface area contributed by atoms with Crippen LogP contribution in [0.2, 0.25) is 130 Å². The quantitative estimate of drug-likeness (QED) is 0.0204. The Labute approximate surface area is 408 Å². The second-order valence-corrected chi connectivity index (χ2v) is 56.2. The topological polar surface area (TPSA) is 179 Å². The second kappa shape index (κ2) is 29.2. The predicted molar refractivity (Wildman–Crippen MR) is 281 cm³/mol. The van der Waals surface area contributed by atoms with Crippen LogP contribution >= 0.6 is 0 Å². The average molecular weight is 1080 g/mol. The maximum atomic E-state index is 11.9. The average Bonchev–Trinajstić information content (AvgIpc) is 3.03. The minimum absolute atomic E-state index is 0.0662. The van der Waals surface area contributed by atoms with Crippen LogP contribution in [0.5, 0.6) is 0 Å². The van der Waals surface area contributed by atoms with E-state index < -0.39 is 104 Å². The molecule has 0 aliphatic heterocycles. The van der Waals surface area contributed by atoms with E-state index in [-0.39, 0.29) is 37.6 Å². The van der Waals surface area contributed by atoms with Crippen molar-refractivity contribution in [2.45, 2.75) is 183 Å². The number of carbonyl (C=O) groups is 4. The molecule has 0 radical (unpaired) electrons. The van der Waals surface area contributed by atoms with Crippen molar-refractivity contribution in [2.24, 2.45) is 0 Å². The fourth-order valence-corrected chi connectivity index (χ4v) is 34.9. The lowest BCUT2D eigenvalue weighted by Crippen LogP contribution is -2.60. The molecule has 0 N–H and O–H groups in total. The molecule has 388 valence electrons. The van der Waals surface area contributed by atoms with Crippen LogP contribution in [0.3, 0.4) is 0 Å². The molecule has 0 amide bonds. The standard InChI is InChI=1S/2C21H46O8Si4/c1-18(2)21(23)25-17-20(26-19(3)22)16-24-14-13-15-33(27-30(4,5)6,28-31(7,8)9)29-32(10,11)12;1-18(2)21(23)26-20(17-25-19(3)22)16-24-14-13-15-33(27-30(4,5)6,28-31(7,8)9)29-32(10,11)12/h2*20H,1,13-17H2,2-12H3. The molecule has 0 spiro atoms. The zero-order valence-corrected chi connectivity index (χ0v) is 53.2. The molecule has 0 aromatic carbocycles. The van der Waals surface area contributed by atoms with Crippen LogP contribution in [0.1, 0.15) is 40.5 Å². The van der Waals surface area contributed by atoms with Gasteiger partial charge in [-0.15, -0.1) is 0 Å². The van der Waals surface area contributed by atoms with Crippen molar-refractivity contribution in [1.29, 1.82) is 0 Å². The summed E-state index contributed by atoms with van der Waals surface area (Å²) >= 11 is 0. The molecular formula is C42H92O16Si8. The van der Waals surface area contributed by atoms with Gasteiger partial charge in [0.1, 0.15) is 13.2 Å². The van der Waals surface area contributed by atoms with Crippen molar-refractivity contribution in [3.8, 4) is 0 Å². The molecule has 0 bridgehead atoms. The van der Waals surface area contributed by atoms with E-state index in [1.807, 2.05) is 0 Å². The van der Waals surface area contributed by atoms with E-state index in [4.69, 9.17) is 53.1 Å². The highest BCUT2D eigenvalue weighted by molar-refractivity contribution is 6.91. The summed E-state index contributed by atoms with van der Waals surface area (Å²) in [4.78, 5) is 46.0. The highest BCUT2D eigenvalue weighted by atomic mass is 28.5. The summed E-state index contributed by atoms with van der Waals surface area (Å²) in [5.74, 6) is -1.98. The van der Waals surface area contributed by atoms with E-state index in [1.165, 1.54) is 13.8 Å². The number of rotatable bonds is 32. The maximum absolute atomic E-state index is 11.9. The summed E-state index contributed by atoms with van der Waals surface area (Å²) in [5, 5.41) is 0. The van der Waals surface area contributed by atoms with Gasteiger partial charge in [-0.1, -0.05) is 13.2 Å². The first-order valence-electron chi connectivity index (χ1n) is 22.8. The Morgan fingerprint density at radius 2 is 0.682 bits per heavy atom. The molecule has 0 fully saturated rings. The van der Waals surface area contributed by atoms with Gasteiger partial charge in [-0.25, -0.2) is 9.59 Å².